The van der Waals surface area contributed by atoms with E-state index in [0.29, 0.717) is 0 Å². The van der Waals surface area contributed by atoms with E-state index in [1.807, 2.05) is 0 Å². The van der Waals surface area contributed by atoms with Crippen LogP contribution in [0.4, 0.5) is 0 Å². The van der Waals surface area contributed by atoms with Crippen molar-refractivity contribution >= 4 is 0 Å². The van der Waals surface area contributed by atoms with Gasteiger partial charge >= 0.3 is 0 Å². The van der Waals surface area contributed by atoms with Crippen LogP contribution in [0.5, 0.6) is 0 Å². The molecule has 126 valence electrons. The average Bonchev–Trinajstić information content (AvgIpc) is 2.58. The summed E-state index contributed by atoms with van der Waals surface area (Å²) in [5.41, 5.74) is 2.30. The fraction of sp³-hybridized carbons (Fsp3) is 1.00. The molecule has 3 aliphatic carbocycles. The van der Waals surface area contributed by atoms with Crippen molar-refractivity contribution in [1.82, 2.24) is 4.90 Å². The molecule has 0 spiro atoms. The Hall–Kier alpha value is -0.0400. The first-order chi connectivity index (χ1) is 10.6. The van der Waals surface area contributed by atoms with Gasteiger partial charge < -0.3 is 4.90 Å². The summed E-state index contributed by atoms with van der Waals surface area (Å²) >= 11 is 0. The number of hydrogen-bond donors (Lipinski definition) is 0. The number of hydrogen-bond acceptors (Lipinski definition) is 1. The second kappa shape index (κ2) is 5.50. The molecule has 6 aliphatic rings. The van der Waals surface area contributed by atoms with E-state index in [9.17, 15) is 0 Å². The maximum absolute atomic E-state index is 2.69. The zero-order chi connectivity index (χ0) is 15.3. The van der Waals surface area contributed by atoms with E-state index < -0.39 is 0 Å². The van der Waals surface area contributed by atoms with Gasteiger partial charge in [-0.05, 0) is 112 Å². The second-order valence-electron chi connectivity index (χ2n) is 9.96. The third kappa shape index (κ3) is 2.56. The molecular formula is C21H37N. The van der Waals surface area contributed by atoms with Crippen LogP contribution in [-0.2, 0) is 0 Å². The first kappa shape index (κ1) is 15.5. The molecule has 6 fully saturated rings. The summed E-state index contributed by atoms with van der Waals surface area (Å²) in [6.07, 6.45) is 18.5. The zero-order valence-electron chi connectivity index (χ0n) is 15.1. The van der Waals surface area contributed by atoms with Gasteiger partial charge in [0.25, 0.3) is 0 Å². The average molecular weight is 304 g/mol. The molecule has 22 heavy (non-hydrogen) atoms. The highest BCUT2D eigenvalue weighted by atomic mass is 15.1. The standard InChI is InChI=1S/C21H37N/c1-18(2)21-9-6-19(7-10-21,8-11-21)4-3-5-20-12-15-22(16-13-20)17-14-20/h18H,3-17H2,1-2H3. The lowest BCUT2D eigenvalue weighted by atomic mass is 9.49. The van der Waals surface area contributed by atoms with Crippen LogP contribution in [0, 0.1) is 22.2 Å². The third-order valence-corrected chi connectivity index (χ3v) is 8.97. The Labute approximate surface area is 138 Å². The van der Waals surface area contributed by atoms with Crippen molar-refractivity contribution < 1.29 is 0 Å². The SMILES string of the molecule is CC(C)C12CCC(CCCC34CCN(CC3)CC4)(CC1)CC2. The molecular weight excluding hydrogens is 266 g/mol. The van der Waals surface area contributed by atoms with Gasteiger partial charge in [-0.25, -0.2) is 0 Å². The predicted molar refractivity (Wildman–Crippen MR) is 94.0 cm³/mol. The minimum atomic E-state index is 0.747. The first-order valence-corrected chi connectivity index (χ1v) is 10.3. The number of fused-ring (bicyclic) bond motifs is 6. The van der Waals surface area contributed by atoms with Gasteiger partial charge in [0.2, 0.25) is 0 Å². The normalized spacial score (nSPS) is 47.3. The summed E-state index contributed by atoms with van der Waals surface area (Å²) in [6, 6.07) is 0. The van der Waals surface area contributed by atoms with Gasteiger partial charge in [-0.15, -0.1) is 0 Å². The molecule has 3 aliphatic heterocycles. The van der Waals surface area contributed by atoms with Gasteiger partial charge in [0.1, 0.15) is 0 Å². The lowest BCUT2D eigenvalue weighted by molar-refractivity contribution is -0.0476. The van der Waals surface area contributed by atoms with Gasteiger partial charge in [-0.3, -0.25) is 0 Å². The molecule has 0 N–H and O–H groups in total. The van der Waals surface area contributed by atoms with Gasteiger partial charge in [-0.2, -0.15) is 0 Å². The fourth-order valence-corrected chi connectivity index (χ4v) is 6.64. The minimum absolute atomic E-state index is 0.747. The van der Waals surface area contributed by atoms with Crippen LogP contribution >= 0.6 is 0 Å². The van der Waals surface area contributed by atoms with Gasteiger partial charge in [0, 0.05) is 0 Å². The number of piperidine rings is 3. The maximum Gasteiger partial charge on any atom is -0.00134 e. The van der Waals surface area contributed by atoms with Crippen molar-refractivity contribution in [2.75, 3.05) is 19.6 Å². The van der Waals surface area contributed by atoms with E-state index >= 15 is 0 Å². The van der Waals surface area contributed by atoms with Crippen LogP contribution in [0.15, 0.2) is 0 Å². The van der Waals surface area contributed by atoms with Crippen molar-refractivity contribution in [3.63, 3.8) is 0 Å². The van der Waals surface area contributed by atoms with Gasteiger partial charge in [0.15, 0.2) is 0 Å². The largest absolute Gasteiger partial charge is 0.303 e. The van der Waals surface area contributed by atoms with E-state index in [0.717, 1.165) is 22.2 Å². The Morgan fingerprint density at radius 2 is 1.14 bits per heavy atom. The Kier molecular flexibility index (Phi) is 3.87. The van der Waals surface area contributed by atoms with Gasteiger partial charge in [-0.1, -0.05) is 20.3 Å². The van der Waals surface area contributed by atoms with Gasteiger partial charge in [0.05, 0.1) is 0 Å². The van der Waals surface area contributed by atoms with Crippen molar-refractivity contribution in [2.45, 2.75) is 90.9 Å². The molecule has 6 rings (SSSR count). The molecule has 0 aromatic heterocycles. The summed E-state index contributed by atoms with van der Waals surface area (Å²) in [6.45, 7) is 9.17. The van der Waals surface area contributed by atoms with Crippen molar-refractivity contribution in [3.05, 3.63) is 0 Å². The highest BCUT2D eigenvalue weighted by molar-refractivity contribution is 5.01. The van der Waals surface area contributed by atoms with Crippen LogP contribution in [0.2, 0.25) is 0 Å². The summed E-state index contributed by atoms with van der Waals surface area (Å²) < 4.78 is 0. The molecule has 0 atom stereocenters. The second-order valence-corrected chi connectivity index (χ2v) is 9.96. The Balaban J connectivity index is 1.30. The Bertz CT molecular complexity index is 364. The fourth-order valence-electron chi connectivity index (χ4n) is 6.64. The van der Waals surface area contributed by atoms with Crippen molar-refractivity contribution in [2.24, 2.45) is 22.2 Å². The van der Waals surface area contributed by atoms with Crippen LogP contribution < -0.4 is 0 Å². The first-order valence-electron chi connectivity index (χ1n) is 10.3. The molecule has 1 heteroatoms. The summed E-state index contributed by atoms with van der Waals surface area (Å²) in [5.74, 6) is 0.914. The molecule has 3 saturated heterocycles. The molecule has 0 unspecified atom stereocenters. The quantitative estimate of drug-likeness (QED) is 0.635. The molecule has 1 nitrogen and oxygen atoms in total. The molecule has 0 amide bonds. The third-order valence-electron chi connectivity index (χ3n) is 8.97. The summed E-state index contributed by atoms with van der Waals surface area (Å²) in [7, 11) is 0. The molecule has 0 aromatic rings. The summed E-state index contributed by atoms with van der Waals surface area (Å²) in [5, 5.41) is 0. The predicted octanol–water partition coefficient (Wildman–Crippen LogP) is 5.64. The number of nitrogens with zero attached hydrogens (tertiary/aromatic N) is 1. The Morgan fingerprint density at radius 1 is 0.682 bits per heavy atom. The number of rotatable bonds is 5. The topological polar surface area (TPSA) is 3.24 Å². The summed E-state index contributed by atoms with van der Waals surface area (Å²) in [4.78, 5) is 2.69. The smallest absolute Gasteiger partial charge is 0.00134 e. The molecule has 3 saturated carbocycles. The Morgan fingerprint density at radius 3 is 1.59 bits per heavy atom. The van der Waals surface area contributed by atoms with E-state index in [1.54, 1.807) is 51.4 Å². The zero-order valence-corrected chi connectivity index (χ0v) is 15.1. The highest BCUT2D eigenvalue weighted by Gasteiger charge is 2.49. The van der Waals surface area contributed by atoms with Crippen LogP contribution in [0.3, 0.4) is 0 Å². The van der Waals surface area contributed by atoms with E-state index in [2.05, 4.69) is 18.7 Å². The van der Waals surface area contributed by atoms with E-state index in [4.69, 9.17) is 0 Å². The van der Waals surface area contributed by atoms with Crippen LogP contribution in [0.25, 0.3) is 0 Å². The molecule has 0 aromatic carbocycles. The van der Waals surface area contributed by atoms with E-state index in [-0.39, 0.29) is 0 Å². The molecule has 0 radical (unpaired) electrons. The lowest BCUT2D eigenvalue weighted by Gasteiger charge is -2.56. The van der Waals surface area contributed by atoms with Crippen LogP contribution in [-0.4, -0.2) is 24.5 Å². The van der Waals surface area contributed by atoms with E-state index in [1.165, 1.54) is 45.3 Å². The van der Waals surface area contributed by atoms with Crippen molar-refractivity contribution in [3.8, 4) is 0 Å². The molecule has 4 bridgehead atoms. The minimum Gasteiger partial charge on any atom is -0.303 e. The highest BCUT2D eigenvalue weighted by Crippen LogP contribution is 2.61. The monoisotopic (exact) mass is 303 g/mol. The van der Waals surface area contributed by atoms with Crippen LogP contribution in [0.1, 0.15) is 90.9 Å². The maximum atomic E-state index is 2.69. The lowest BCUT2D eigenvalue weighted by Crippen LogP contribution is -2.48. The molecule has 3 heterocycles. The van der Waals surface area contributed by atoms with Crippen molar-refractivity contribution in [1.29, 1.82) is 0 Å².